The van der Waals surface area contributed by atoms with Crippen molar-refractivity contribution in [1.82, 2.24) is 0 Å². The Morgan fingerprint density at radius 2 is 2.06 bits per heavy atom. The second kappa shape index (κ2) is 4.53. The smallest absolute Gasteiger partial charge is 0.221 e. The fourth-order valence-corrected chi connectivity index (χ4v) is 2.05. The van der Waals surface area contributed by atoms with E-state index in [1.54, 1.807) is 6.92 Å². The minimum Gasteiger partial charge on any atom is -0.387 e. The highest BCUT2D eigenvalue weighted by molar-refractivity contribution is 5.22. The molecule has 0 aromatic heterocycles. The maximum Gasteiger partial charge on any atom is 0.221 e. The fourth-order valence-electron chi connectivity index (χ4n) is 2.05. The first-order chi connectivity index (χ1) is 7.65. The predicted octanol–water partition coefficient (Wildman–Crippen LogP) is 2.05. The molecule has 1 N–H and O–H groups in total. The highest BCUT2D eigenvalue weighted by atomic mass is 16.7. The van der Waals surface area contributed by atoms with Gasteiger partial charge >= 0.3 is 0 Å². The number of rotatable bonds is 2. The van der Waals surface area contributed by atoms with E-state index in [-0.39, 0.29) is 6.10 Å². The van der Waals surface area contributed by atoms with E-state index in [9.17, 15) is 5.11 Å². The molecule has 3 heteroatoms. The van der Waals surface area contributed by atoms with E-state index in [0.29, 0.717) is 6.61 Å². The maximum atomic E-state index is 9.95. The van der Waals surface area contributed by atoms with Gasteiger partial charge in [0.1, 0.15) is 6.10 Å². The zero-order valence-electron chi connectivity index (χ0n) is 9.72. The lowest BCUT2D eigenvalue weighted by Gasteiger charge is -2.42. The molecule has 3 atom stereocenters. The van der Waals surface area contributed by atoms with Gasteiger partial charge < -0.3 is 14.6 Å². The highest BCUT2D eigenvalue weighted by Crippen LogP contribution is 2.36. The molecular weight excluding hydrogens is 204 g/mol. The van der Waals surface area contributed by atoms with Crippen molar-refractivity contribution in [3.8, 4) is 0 Å². The molecule has 16 heavy (non-hydrogen) atoms. The SMILES string of the molecule is C[C@@H]1CCO[C@@](c2ccccc2)([C@H](C)O)O1. The molecule has 0 bridgehead atoms. The Morgan fingerprint density at radius 1 is 1.38 bits per heavy atom. The van der Waals surface area contributed by atoms with Crippen molar-refractivity contribution in [3.05, 3.63) is 35.9 Å². The van der Waals surface area contributed by atoms with Crippen LogP contribution in [0.1, 0.15) is 25.8 Å². The number of hydrogen-bond acceptors (Lipinski definition) is 3. The topological polar surface area (TPSA) is 38.7 Å². The lowest BCUT2D eigenvalue weighted by molar-refractivity contribution is -0.333. The van der Waals surface area contributed by atoms with Gasteiger partial charge in [-0.1, -0.05) is 30.3 Å². The summed E-state index contributed by atoms with van der Waals surface area (Å²) in [4.78, 5) is 0. The van der Waals surface area contributed by atoms with Crippen LogP contribution in [0.25, 0.3) is 0 Å². The van der Waals surface area contributed by atoms with Gasteiger partial charge in [-0.3, -0.25) is 0 Å². The Kier molecular flexibility index (Phi) is 3.28. The number of aliphatic hydroxyl groups is 1. The molecule has 3 nitrogen and oxygen atoms in total. The van der Waals surface area contributed by atoms with E-state index in [4.69, 9.17) is 9.47 Å². The lowest BCUT2D eigenvalue weighted by Crippen LogP contribution is -2.48. The first-order valence-corrected chi connectivity index (χ1v) is 5.70. The molecule has 0 radical (unpaired) electrons. The van der Waals surface area contributed by atoms with Gasteiger partial charge in [-0.15, -0.1) is 0 Å². The first kappa shape index (κ1) is 11.6. The lowest BCUT2D eigenvalue weighted by atomic mass is 9.99. The summed E-state index contributed by atoms with van der Waals surface area (Å²) in [6.45, 7) is 4.31. The van der Waals surface area contributed by atoms with Crippen LogP contribution in [-0.4, -0.2) is 23.9 Å². The van der Waals surface area contributed by atoms with Gasteiger partial charge in [0.05, 0.1) is 12.7 Å². The van der Waals surface area contributed by atoms with Gasteiger partial charge in [0.2, 0.25) is 5.79 Å². The van der Waals surface area contributed by atoms with Crippen LogP contribution < -0.4 is 0 Å². The minimum absolute atomic E-state index is 0.101. The summed E-state index contributed by atoms with van der Waals surface area (Å²) in [5.41, 5.74) is 0.872. The first-order valence-electron chi connectivity index (χ1n) is 5.70. The Balaban J connectivity index is 2.36. The maximum absolute atomic E-state index is 9.95. The summed E-state index contributed by atoms with van der Waals surface area (Å²) in [7, 11) is 0. The van der Waals surface area contributed by atoms with E-state index in [1.165, 1.54) is 0 Å². The van der Waals surface area contributed by atoms with Gasteiger partial charge in [0.15, 0.2) is 0 Å². The summed E-state index contributed by atoms with van der Waals surface area (Å²) in [6.07, 6.45) is 0.266. The second-order valence-electron chi connectivity index (χ2n) is 4.28. The van der Waals surface area contributed by atoms with E-state index < -0.39 is 11.9 Å². The third-order valence-electron chi connectivity index (χ3n) is 2.94. The zero-order valence-corrected chi connectivity index (χ0v) is 9.72. The summed E-state index contributed by atoms with van der Waals surface area (Å²) in [6, 6.07) is 9.62. The van der Waals surface area contributed by atoms with E-state index >= 15 is 0 Å². The highest BCUT2D eigenvalue weighted by Gasteiger charge is 2.43. The monoisotopic (exact) mass is 222 g/mol. The molecule has 0 spiro atoms. The van der Waals surface area contributed by atoms with Crippen LogP contribution in [0.2, 0.25) is 0 Å². The Bertz CT molecular complexity index is 336. The zero-order chi connectivity index (χ0) is 11.6. The van der Waals surface area contributed by atoms with Crippen molar-refractivity contribution in [2.75, 3.05) is 6.61 Å². The van der Waals surface area contributed by atoms with Crippen LogP contribution in [0, 0.1) is 0 Å². The van der Waals surface area contributed by atoms with Gasteiger partial charge in [0.25, 0.3) is 0 Å². The fraction of sp³-hybridized carbons (Fsp3) is 0.538. The largest absolute Gasteiger partial charge is 0.387 e. The molecule has 0 aliphatic carbocycles. The molecule has 1 fully saturated rings. The Hall–Kier alpha value is -0.900. The molecule has 0 saturated carbocycles. The van der Waals surface area contributed by atoms with Crippen molar-refractivity contribution in [3.63, 3.8) is 0 Å². The van der Waals surface area contributed by atoms with Gasteiger partial charge in [0, 0.05) is 5.56 Å². The molecule has 2 rings (SSSR count). The number of aliphatic hydroxyl groups excluding tert-OH is 1. The van der Waals surface area contributed by atoms with E-state index in [0.717, 1.165) is 12.0 Å². The van der Waals surface area contributed by atoms with Crippen molar-refractivity contribution in [2.24, 2.45) is 0 Å². The number of benzene rings is 1. The third kappa shape index (κ3) is 1.98. The molecule has 0 amide bonds. The van der Waals surface area contributed by atoms with Crippen molar-refractivity contribution in [1.29, 1.82) is 0 Å². The summed E-state index contributed by atoms with van der Waals surface area (Å²) < 4.78 is 11.6. The van der Waals surface area contributed by atoms with Crippen LogP contribution in [0.3, 0.4) is 0 Å². The van der Waals surface area contributed by atoms with Crippen molar-refractivity contribution >= 4 is 0 Å². The normalized spacial score (nSPS) is 32.3. The average Bonchev–Trinajstić information content (AvgIpc) is 2.30. The Labute approximate surface area is 96.0 Å². The third-order valence-corrected chi connectivity index (χ3v) is 2.94. The van der Waals surface area contributed by atoms with Gasteiger partial charge in [-0.05, 0) is 20.3 Å². The van der Waals surface area contributed by atoms with Crippen LogP contribution in [0.15, 0.2) is 30.3 Å². The number of ether oxygens (including phenoxy) is 2. The minimum atomic E-state index is -1.00. The van der Waals surface area contributed by atoms with E-state index in [2.05, 4.69) is 0 Å². The molecular formula is C13H18O3. The van der Waals surface area contributed by atoms with Crippen molar-refractivity contribution in [2.45, 2.75) is 38.3 Å². The summed E-state index contributed by atoms with van der Waals surface area (Å²) in [5.74, 6) is -1.00. The summed E-state index contributed by atoms with van der Waals surface area (Å²) in [5, 5.41) is 9.95. The molecule has 1 aromatic carbocycles. The van der Waals surface area contributed by atoms with Crippen molar-refractivity contribution < 1.29 is 14.6 Å². The van der Waals surface area contributed by atoms with Gasteiger partial charge in [-0.25, -0.2) is 0 Å². The van der Waals surface area contributed by atoms with E-state index in [1.807, 2.05) is 37.3 Å². The summed E-state index contributed by atoms with van der Waals surface area (Å²) >= 11 is 0. The predicted molar refractivity (Wildman–Crippen MR) is 60.9 cm³/mol. The van der Waals surface area contributed by atoms with Crippen LogP contribution in [0.5, 0.6) is 0 Å². The molecule has 1 heterocycles. The quantitative estimate of drug-likeness (QED) is 0.832. The van der Waals surface area contributed by atoms with Crippen LogP contribution >= 0.6 is 0 Å². The number of hydrogen-bond donors (Lipinski definition) is 1. The average molecular weight is 222 g/mol. The van der Waals surface area contributed by atoms with Crippen LogP contribution in [0.4, 0.5) is 0 Å². The van der Waals surface area contributed by atoms with Crippen LogP contribution in [-0.2, 0) is 15.3 Å². The molecule has 1 aliphatic heterocycles. The molecule has 1 saturated heterocycles. The molecule has 88 valence electrons. The second-order valence-corrected chi connectivity index (χ2v) is 4.28. The standard InChI is InChI=1S/C13H18O3/c1-10-8-9-15-13(16-10,11(2)14)12-6-4-3-5-7-12/h3-7,10-11,14H,8-9H2,1-2H3/t10-,11+,13+/m1/s1. The molecule has 0 unspecified atom stereocenters. The molecule has 1 aromatic rings. The molecule has 1 aliphatic rings. The Morgan fingerprint density at radius 3 is 2.62 bits per heavy atom. The van der Waals surface area contributed by atoms with Gasteiger partial charge in [-0.2, -0.15) is 0 Å².